The Balaban J connectivity index is 2.04. The molecule has 1 aromatic heterocycles. The molecular weight excluding hydrogens is 296 g/mol. The molecular formula is C13H22N2O3S2. The fourth-order valence-corrected chi connectivity index (χ4v) is 4.85. The van der Waals surface area contributed by atoms with E-state index in [9.17, 15) is 8.42 Å². The van der Waals surface area contributed by atoms with Crippen LogP contribution in [-0.2, 0) is 16.8 Å². The van der Waals surface area contributed by atoms with Crippen molar-refractivity contribution in [1.29, 1.82) is 0 Å². The van der Waals surface area contributed by atoms with Gasteiger partial charge in [-0.1, -0.05) is 13.0 Å². The smallest absolute Gasteiger partial charge is 0.282 e. The molecule has 1 aliphatic heterocycles. The maximum atomic E-state index is 12.6. The summed E-state index contributed by atoms with van der Waals surface area (Å²) in [7, 11) is -3.39. The lowest BCUT2D eigenvalue weighted by Crippen LogP contribution is -2.47. The first-order valence-electron chi connectivity index (χ1n) is 6.96. The van der Waals surface area contributed by atoms with Gasteiger partial charge in [-0.3, -0.25) is 0 Å². The molecule has 1 aromatic rings. The van der Waals surface area contributed by atoms with Crippen LogP contribution in [0.5, 0.6) is 0 Å². The molecule has 0 amide bonds. The van der Waals surface area contributed by atoms with Crippen LogP contribution in [0.15, 0.2) is 17.5 Å². The van der Waals surface area contributed by atoms with Gasteiger partial charge in [-0.2, -0.15) is 17.0 Å². The van der Waals surface area contributed by atoms with Crippen LogP contribution in [0.2, 0.25) is 0 Å². The van der Waals surface area contributed by atoms with Crippen molar-refractivity contribution in [2.75, 3.05) is 26.2 Å². The van der Waals surface area contributed by atoms with Crippen molar-refractivity contribution in [3.8, 4) is 0 Å². The van der Waals surface area contributed by atoms with Gasteiger partial charge in [-0.25, -0.2) is 0 Å². The van der Waals surface area contributed by atoms with Crippen LogP contribution in [0.3, 0.4) is 0 Å². The second kappa shape index (κ2) is 7.00. The lowest BCUT2D eigenvalue weighted by atomic mass is 10.00. The molecule has 5 nitrogen and oxygen atoms in total. The average molecular weight is 318 g/mol. The summed E-state index contributed by atoms with van der Waals surface area (Å²) >= 11 is 1.58. The Morgan fingerprint density at radius 1 is 1.45 bits per heavy atom. The number of nitrogens with zero attached hydrogens (tertiary/aromatic N) is 2. The largest absolute Gasteiger partial charge is 0.396 e. The van der Waals surface area contributed by atoms with Crippen LogP contribution in [0.4, 0.5) is 0 Å². The Labute approximate surface area is 125 Å². The highest BCUT2D eigenvalue weighted by Gasteiger charge is 2.32. The summed E-state index contributed by atoms with van der Waals surface area (Å²) in [4.78, 5) is 1.06. The molecule has 0 bridgehead atoms. The van der Waals surface area contributed by atoms with Crippen molar-refractivity contribution in [2.45, 2.75) is 26.3 Å². The number of aliphatic hydroxyl groups excluding tert-OH is 1. The monoisotopic (exact) mass is 318 g/mol. The molecule has 0 atom stereocenters. The summed E-state index contributed by atoms with van der Waals surface area (Å²) in [5.74, 6) is 0.244. The predicted molar refractivity (Wildman–Crippen MR) is 80.7 cm³/mol. The van der Waals surface area contributed by atoms with Gasteiger partial charge in [0.25, 0.3) is 10.2 Å². The number of hydrogen-bond acceptors (Lipinski definition) is 4. The number of piperidine rings is 1. The van der Waals surface area contributed by atoms with E-state index in [0.29, 0.717) is 26.2 Å². The molecule has 0 radical (unpaired) electrons. The van der Waals surface area contributed by atoms with Gasteiger partial charge in [0.2, 0.25) is 0 Å². The van der Waals surface area contributed by atoms with E-state index in [1.54, 1.807) is 15.6 Å². The van der Waals surface area contributed by atoms with Gasteiger partial charge in [0.15, 0.2) is 0 Å². The maximum absolute atomic E-state index is 12.6. The van der Waals surface area contributed by atoms with E-state index in [-0.39, 0.29) is 12.5 Å². The topological polar surface area (TPSA) is 60.9 Å². The highest BCUT2D eigenvalue weighted by atomic mass is 32.2. The lowest BCUT2D eigenvalue weighted by molar-refractivity contribution is 0.166. The van der Waals surface area contributed by atoms with E-state index in [1.165, 1.54) is 4.31 Å². The zero-order chi connectivity index (χ0) is 14.6. The minimum absolute atomic E-state index is 0.153. The SMILES string of the molecule is CCN(Cc1cccs1)S(=O)(=O)N1CCC(CO)CC1. The van der Waals surface area contributed by atoms with Crippen molar-refractivity contribution < 1.29 is 13.5 Å². The van der Waals surface area contributed by atoms with Crippen molar-refractivity contribution in [3.05, 3.63) is 22.4 Å². The van der Waals surface area contributed by atoms with Crippen LogP contribution in [0.25, 0.3) is 0 Å². The van der Waals surface area contributed by atoms with Gasteiger partial charge in [-0.15, -0.1) is 11.3 Å². The molecule has 0 saturated carbocycles. The van der Waals surface area contributed by atoms with E-state index in [4.69, 9.17) is 5.11 Å². The van der Waals surface area contributed by atoms with Gasteiger partial charge in [0.1, 0.15) is 0 Å². The molecule has 0 unspecified atom stereocenters. The number of hydrogen-bond donors (Lipinski definition) is 1. The number of thiophene rings is 1. The Bertz CT molecular complexity index is 494. The summed E-state index contributed by atoms with van der Waals surface area (Å²) in [5, 5.41) is 11.1. The predicted octanol–water partition coefficient (Wildman–Crippen LogP) is 1.52. The van der Waals surface area contributed by atoms with E-state index >= 15 is 0 Å². The molecule has 7 heteroatoms. The van der Waals surface area contributed by atoms with Crippen molar-refractivity contribution >= 4 is 21.5 Å². The van der Waals surface area contributed by atoms with Crippen molar-refractivity contribution in [3.63, 3.8) is 0 Å². The third-order valence-electron chi connectivity index (χ3n) is 3.75. The van der Waals surface area contributed by atoms with Crippen molar-refractivity contribution in [2.24, 2.45) is 5.92 Å². The molecule has 1 fully saturated rings. The van der Waals surface area contributed by atoms with Crippen LogP contribution >= 0.6 is 11.3 Å². The van der Waals surface area contributed by atoms with Gasteiger partial charge < -0.3 is 5.11 Å². The molecule has 0 aliphatic carbocycles. The molecule has 2 heterocycles. The summed E-state index contributed by atoms with van der Waals surface area (Å²) in [6.07, 6.45) is 1.48. The standard InChI is InChI=1S/C13H22N2O3S2/c1-2-14(10-13-4-3-9-19-13)20(17,18)15-7-5-12(11-16)6-8-15/h3-4,9,12,16H,2,5-8,10-11H2,1H3. The molecule has 1 aliphatic rings. The summed E-state index contributed by atoms with van der Waals surface area (Å²) in [6.45, 7) is 3.95. The molecule has 2 rings (SSSR count). The third kappa shape index (κ3) is 3.59. The van der Waals surface area contributed by atoms with E-state index in [0.717, 1.165) is 17.7 Å². The second-order valence-corrected chi connectivity index (χ2v) is 8.00. The number of aliphatic hydroxyl groups is 1. The first-order chi connectivity index (χ1) is 9.57. The number of rotatable bonds is 6. The Morgan fingerprint density at radius 3 is 2.65 bits per heavy atom. The van der Waals surface area contributed by atoms with Gasteiger partial charge in [-0.05, 0) is 30.2 Å². The Hall–Kier alpha value is -0.470. The minimum Gasteiger partial charge on any atom is -0.396 e. The highest BCUT2D eigenvalue weighted by Crippen LogP contribution is 2.22. The quantitative estimate of drug-likeness (QED) is 0.865. The fourth-order valence-electron chi connectivity index (χ4n) is 2.42. The molecule has 20 heavy (non-hydrogen) atoms. The fraction of sp³-hybridized carbons (Fsp3) is 0.692. The minimum atomic E-state index is -3.39. The lowest BCUT2D eigenvalue weighted by Gasteiger charge is -2.34. The van der Waals surface area contributed by atoms with Crippen LogP contribution in [0, 0.1) is 5.92 Å². The molecule has 0 spiro atoms. The molecule has 1 N–H and O–H groups in total. The molecule has 114 valence electrons. The van der Waals surface area contributed by atoms with Gasteiger partial charge in [0, 0.05) is 37.7 Å². The zero-order valence-corrected chi connectivity index (χ0v) is 13.4. The van der Waals surface area contributed by atoms with Crippen molar-refractivity contribution in [1.82, 2.24) is 8.61 Å². The van der Waals surface area contributed by atoms with Gasteiger partial charge >= 0.3 is 0 Å². The van der Waals surface area contributed by atoms with Crippen LogP contribution < -0.4 is 0 Å². The van der Waals surface area contributed by atoms with Crippen LogP contribution in [0.1, 0.15) is 24.6 Å². The Kier molecular flexibility index (Phi) is 5.57. The summed E-state index contributed by atoms with van der Waals surface area (Å²) in [5.41, 5.74) is 0. The summed E-state index contributed by atoms with van der Waals surface area (Å²) < 4.78 is 28.3. The summed E-state index contributed by atoms with van der Waals surface area (Å²) in [6, 6.07) is 3.90. The highest BCUT2D eigenvalue weighted by molar-refractivity contribution is 7.86. The van der Waals surface area contributed by atoms with E-state index < -0.39 is 10.2 Å². The Morgan fingerprint density at radius 2 is 2.15 bits per heavy atom. The maximum Gasteiger partial charge on any atom is 0.282 e. The second-order valence-electron chi connectivity index (χ2n) is 5.04. The molecule has 1 saturated heterocycles. The first kappa shape index (κ1) is 15.9. The average Bonchev–Trinajstić information content (AvgIpc) is 2.97. The molecule has 0 aromatic carbocycles. The van der Waals surface area contributed by atoms with E-state index in [2.05, 4.69) is 0 Å². The zero-order valence-electron chi connectivity index (χ0n) is 11.7. The van der Waals surface area contributed by atoms with Gasteiger partial charge in [0.05, 0.1) is 0 Å². The first-order valence-corrected chi connectivity index (χ1v) is 9.24. The van der Waals surface area contributed by atoms with E-state index in [1.807, 2.05) is 24.4 Å². The third-order valence-corrected chi connectivity index (χ3v) is 6.67. The normalized spacial score (nSPS) is 18.8. The van der Waals surface area contributed by atoms with Crippen LogP contribution in [-0.4, -0.2) is 48.4 Å².